The number of benzene rings is 3. The van der Waals surface area contributed by atoms with Gasteiger partial charge >= 0.3 is 0 Å². The Morgan fingerprint density at radius 2 is 1.74 bits per heavy atom. The van der Waals surface area contributed by atoms with Gasteiger partial charge in [0.25, 0.3) is 5.91 Å². The Hall–Kier alpha value is -3.77. The van der Waals surface area contributed by atoms with E-state index in [9.17, 15) is 4.79 Å². The minimum absolute atomic E-state index is 0.101. The van der Waals surface area contributed by atoms with E-state index < -0.39 is 12.0 Å². The lowest BCUT2D eigenvalue weighted by Crippen LogP contribution is -2.42. The summed E-state index contributed by atoms with van der Waals surface area (Å²) in [5.74, 6) is 1.84. The fraction of sp³-hybridized carbons (Fsp3) is 0.0833. The fourth-order valence-corrected chi connectivity index (χ4v) is 3.57. The predicted molar refractivity (Wildman–Crippen MR) is 119 cm³/mol. The molecule has 3 aromatic carbocycles. The Morgan fingerprint density at radius 1 is 1.00 bits per heavy atom. The van der Waals surface area contributed by atoms with E-state index in [1.165, 1.54) is 6.21 Å². The zero-order valence-electron chi connectivity index (χ0n) is 16.2. The number of furan rings is 1. The van der Waals surface area contributed by atoms with Gasteiger partial charge < -0.3 is 13.9 Å². The van der Waals surface area contributed by atoms with E-state index in [1.54, 1.807) is 18.2 Å². The number of rotatable bonds is 4. The average molecular weight is 433 g/mol. The highest BCUT2D eigenvalue weighted by Crippen LogP contribution is 2.36. The molecule has 7 heteroatoms. The molecule has 1 aliphatic heterocycles. The molecule has 2 heterocycles. The number of hydrogen-bond acceptors (Lipinski definition) is 5. The van der Waals surface area contributed by atoms with Crippen molar-refractivity contribution in [2.24, 2.45) is 5.10 Å². The molecule has 1 aliphatic rings. The maximum atomic E-state index is 12.5. The molecular formula is C24H17ClN2O4. The van der Waals surface area contributed by atoms with Gasteiger partial charge in [0.05, 0.1) is 11.2 Å². The Kier molecular flexibility index (Phi) is 5.06. The highest BCUT2D eigenvalue weighted by molar-refractivity contribution is 6.33. The second kappa shape index (κ2) is 8.16. The minimum atomic E-state index is -0.805. The SMILES string of the molecule is O=C(N/N=C/c1ccc(-c2ccccc2Cl)o1)[C@@H]1COc2cc3ccccc3cc2O1. The summed E-state index contributed by atoms with van der Waals surface area (Å²) in [4.78, 5) is 12.5. The quantitative estimate of drug-likeness (QED) is 0.362. The Morgan fingerprint density at radius 3 is 2.55 bits per heavy atom. The van der Waals surface area contributed by atoms with Gasteiger partial charge in [0.1, 0.15) is 18.1 Å². The van der Waals surface area contributed by atoms with E-state index in [1.807, 2.05) is 54.6 Å². The number of carbonyl (C=O) groups excluding carboxylic acids is 1. The lowest BCUT2D eigenvalue weighted by molar-refractivity contribution is -0.130. The third-order valence-corrected chi connectivity index (χ3v) is 5.23. The van der Waals surface area contributed by atoms with Crippen molar-refractivity contribution in [1.29, 1.82) is 0 Å². The number of carbonyl (C=O) groups is 1. The Labute approximate surface area is 183 Å². The third-order valence-electron chi connectivity index (χ3n) is 4.90. The van der Waals surface area contributed by atoms with Gasteiger partial charge in [-0.2, -0.15) is 5.10 Å². The first-order chi connectivity index (χ1) is 15.2. The summed E-state index contributed by atoms with van der Waals surface area (Å²) in [5, 5.41) is 6.62. The van der Waals surface area contributed by atoms with Crippen LogP contribution in [0.5, 0.6) is 11.5 Å². The third kappa shape index (κ3) is 3.98. The fourth-order valence-electron chi connectivity index (χ4n) is 3.34. The van der Waals surface area contributed by atoms with Gasteiger partial charge in [-0.05, 0) is 47.2 Å². The van der Waals surface area contributed by atoms with Crippen LogP contribution in [0.15, 0.2) is 82.3 Å². The first kappa shape index (κ1) is 19.2. The molecule has 1 atom stereocenters. The molecule has 31 heavy (non-hydrogen) atoms. The van der Waals surface area contributed by atoms with Gasteiger partial charge in [0, 0.05) is 5.56 Å². The summed E-state index contributed by atoms with van der Waals surface area (Å²) in [6, 6.07) is 22.6. The van der Waals surface area contributed by atoms with Crippen molar-refractivity contribution in [3.8, 4) is 22.8 Å². The molecule has 0 fully saturated rings. The van der Waals surface area contributed by atoms with Crippen LogP contribution in [0, 0.1) is 0 Å². The Balaban J connectivity index is 1.24. The second-order valence-corrected chi connectivity index (χ2v) is 7.39. The maximum absolute atomic E-state index is 12.5. The van der Waals surface area contributed by atoms with E-state index >= 15 is 0 Å². The van der Waals surface area contributed by atoms with Gasteiger partial charge in [-0.3, -0.25) is 4.79 Å². The monoisotopic (exact) mass is 432 g/mol. The number of amides is 1. The van der Waals surface area contributed by atoms with E-state index in [4.69, 9.17) is 25.5 Å². The molecule has 6 nitrogen and oxygen atoms in total. The van der Waals surface area contributed by atoms with Crippen LogP contribution in [0.1, 0.15) is 5.76 Å². The van der Waals surface area contributed by atoms with Crippen LogP contribution in [0.4, 0.5) is 0 Å². The molecule has 4 aromatic rings. The molecule has 0 saturated heterocycles. The zero-order valence-corrected chi connectivity index (χ0v) is 17.0. The lowest BCUT2D eigenvalue weighted by Gasteiger charge is -2.25. The van der Waals surface area contributed by atoms with Crippen LogP contribution in [-0.4, -0.2) is 24.8 Å². The van der Waals surface area contributed by atoms with Gasteiger partial charge in [-0.1, -0.05) is 48.0 Å². The first-order valence-corrected chi connectivity index (χ1v) is 10.0. The highest BCUT2D eigenvalue weighted by Gasteiger charge is 2.27. The second-order valence-electron chi connectivity index (χ2n) is 6.98. The molecule has 0 radical (unpaired) electrons. The first-order valence-electron chi connectivity index (χ1n) is 9.67. The van der Waals surface area contributed by atoms with Crippen LogP contribution < -0.4 is 14.9 Å². The standard InChI is InChI=1S/C24H17ClN2O4/c25-19-8-4-3-7-18(19)20-10-9-17(30-20)13-26-27-24(28)23-14-29-21-11-15-5-1-2-6-16(15)12-22(21)31-23/h1-13,23H,14H2,(H,27,28)/b26-13+/t23-/m0/s1. The summed E-state index contributed by atoms with van der Waals surface area (Å²) in [7, 11) is 0. The molecule has 0 bridgehead atoms. The van der Waals surface area contributed by atoms with Crippen molar-refractivity contribution >= 4 is 34.5 Å². The average Bonchev–Trinajstić information content (AvgIpc) is 3.26. The molecule has 1 amide bonds. The van der Waals surface area contributed by atoms with Gasteiger partial charge in [-0.15, -0.1) is 0 Å². The number of hydrazone groups is 1. The van der Waals surface area contributed by atoms with Gasteiger partial charge in [0.2, 0.25) is 6.10 Å². The molecule has 0 unspecified atom stereocenters. The molecule has 5 rings (SSSR count). The molecule has 1 N–H and O–H groups in total. The maximum Gasteiger partial charge on any atom is 0.284 e. The van der Waals surface area contributed by atoms with Crippen molar-refractivity contribution < 1.29 is 18.7 Å². The predicted octanol–water partition coefficient (Wildman–Crippen LogP) is 5.04. The molecule has 0 saturated carbocycles. The van der Waals surface area contributed by atoms with E-state index in [2.05, 4.69) is 10.5 Å². The summed E-state index contributed by atoms with van der Waals surface area (Å²) < 4.78 is 17.3. The summed E-state index contributed by atoms with van der Waals surface area (Å²) in [5.41, 5.74) is 3.25. The molecule has 154 valence electrons. The molecule has 0 spiro atoms. The number of halogens is 1. The number of hydrogen-bond donors (Lipinski definition) is 1. The van der Waals surface area contributed by atoms with Crippen molar-refractivity contribution in [3.05, 3.63) is 83.6 Å². The van der Waals surface area contributed by atoms with Crippen molar-refractivity contribution in [3.63, 3.8) is 0 Å². The van der Waals surface area contributed by atoms with Crippen LogP contribution in [0.25, 0.3) is 22.1 Å². The Bertz CT molecular complexity index is 1300. The van der Waals surface area contributed by atoms with E-state index in [-0.39, 0.29) is 6.61 Å². The normalized spacial score (nSPS) is 15.3. The van der Waals surface area contributed by atoms with Crippen LogP contribution in [-0.2, 0) is 4.79 Å². The molecule has 1 aromatic heterocycles. The van der Waals surface area contributed by atoms with Crippen molar-refractivity contribution in [2.45, 2.75) is 6.10 Å². The van der Waals surface area contributed by atoms with Crippen LogP contribution in [0.3, 0.4) is 0 Å². The van der Waals surface area contributed by atoms with E-state index in [0.717, 1.165) is 16.3 Å². The summed E-state index contributed by atoms with van der Waals surface area (Å²) in [6.07, 6.45) is 0.615. The minimum Gasteiger partial charge on any atom is -0.485 e. The van der Waals surface area contributed by atoms with Crippen LogP contribution in [0.2, 0.25) is 5.02 Å². The smallest absolute Gasteiger partial charge is 0.284 e. The van der Waals surface area contributed by atoms with E-state index in [0.29, 0.717) is 28.0 Å². The number of ether oxygens (including phenoxy) is 2. The lowest BCUT2D eigenvalue weighted by atomic mass is 10.1. The van der Waals surface area contributed by atoms with Crippen LogP contribution >= 0.6 is 11.6 Å². The van der Waals surface area contributed by atoms with Gasteiger partial charge in [0.15, 0.2) is 11.5 Å². The van der Waals surface area contributed by atoms with Crippen molar-refractivity contribution in [2.75, 3.05) is 6.61 Å². The van der Waals surface area contributed by atoms with Crippen molar-refractivity contribution in [1.82, 2.24) is 5.43 Å². The summed E-state index contributed by atoms with van der Waals surface area (Å²) in [6.45, 7) is 0.101. The topological polar surface area (TPSA) is 73.1 Å². The summed E-state index contributed by atoms with van der Waals surface area (Å²) >= 11 is 6.19. The largest absolute Gasteiger partial charge is 0.485 e. The van der Waals surface area contributed by atoms with Gasteiger partial charge in [-0.25, -0.2) is 5.43 Å². The molecular weight excluding hydrogens is 416 g/mol. The molecule has 0 aliphatic carbocycles. The highest BCUT2D eigenvalue weighted by atomic mass is 35.5. The number of fused-ring (bicyclic) bond motifs is 2. The number of nitrogens with one attached hydrogen (secondary N) is 1. The number of nitrogens with zero attached hydrogens (tertiary/aromatic N) is 1. The zero-order chi connectivity index (χ0) is 21.2.